The van der Waals surface area contributed by atoms with Gasteiger partial charge in [-0.25, -0.2) is 4.98 Å². The van der Waals surface area contributed by atoms with Crippen LogP contribution in [-0.2, 0) is 6.54 Å². The number of nitrogens with zero attached hydrogens (tertiary/aromatic N) is 4. The molecular formula is C18H25N5S. The Labute approximate surface area is 148 Å². The first-order chi connectivity index (χ1) is 11.7. The molecule has 0 radical (unpaired) electrons. The molecule has 0 bridgehead atoms. The van der Waals surface area contributed by atoms with Gasteiger partial charge in [0.1, 0.15) is 0 Å². The Morgan fingerprint density at radius 3 is 2.46 bits per heavy atom. The van der Waals surface area contributed by atoms with Gasteiger partial charge in [0, 0.05) is 43.8 Å². The predicted octanol–water partition coefficient (Wildman–Crippen LogP) is 2.66. The minimum atomic E-state index is 0.795. The summed E-state index contributed by atoms with van der Waals surface area (Å²) in [6.45, 7) is 8.92. The van der Waals surface area contributed by atoms with Crippen LogP contribution < -0.4 is 10.2 Å². The first-order valence-electron chi connectivity index (χ1n) is 8.36. The van der Waals surface area contributed by atoms with E-state index in [1.807, 2.05) is 7.05 Å². The Kier molecular flexibility index (Phi) is 5.35. The summed E-state index contributed by atoms with van der Waals surface area (Å²) < 4.78 is 0. The molecule has 1 fully saturated rings. The van der Waals surface area contributed by atoms with Gasteiger partial charge in [0.05, 0.1) is 17.2 Å². The van der Waals surface area contributed by atoms with Crippen molar-refractivity contribution in [3.63, 3.8) is 0 Å². The number of hydrogen-bond acceptors (Lipinski definition) is 4. The van der Waals surface area contributed by atoms with E-state index in [0.717, 1.165) is 49.4 Å². The van der Waals surface area contributed by atoms with Crippen LogP contribution >= 0.6 is 11.3 Å². The standard InChI is InChI=1S/C18H25N5S/c1-14-17(24-15(2)21-14)13-20-18(19-3)23-11-9-22(10-12-23)16-7-5-4-6-8-16/h4-8H,9-13H2,1-3H3,(H,19,20). The van der Waals surface area contributed by atoms with Crippen molar-refractivity contribution in [1.82, 2.24) is 15.2 Å². The Hall–Kier alpha value is -2.08. The molecule has 0 spiro atoms. The third kappa shape index (κ3) is 3.87. The van der Waals surface area contributed by atoms with E-state index in [-0.39, 0.29) is 0 Å². The first-order valence-corrected chi connectivity index (χ1v) is 9.17. The molecular weight excluding hydrogens is 318 g/mol. The first kappa shape index (κ1) is 16.8. The van der Waals surface area contributed by atoms with Crippen molar-refractivity contribution in [3.05, 3.63) is 45.9 Å². The number of nitrogens with one attached hydrogen (secondary N) is 1. The molecule has 3 rings (SSSR count). The number of piperazine rings is 1. The van der Waals surface area contributed by atoms with Gasteiger partial charge in [-0.1, -0.05) is 18.2 Å². The lowest BCUT2D eigenvalue weighted by molar-refractivity contribution is 0.372. The van der Waals surface area contributed by atoms with E-state index >= 15 is 0 Å². The molecule has 128 valence electrons. The van der Waals surface area contributed by atoms with Crippen LogP contribution in [0.25, 0.3) is 0 Å². The lowest BCUT2D eigenvalue weighted by Crippen LogP contribution is -2.52. The monoisotopic (exact) mass is 343 g/mol. The predicted molar refractivity (Wildman–Crippen MR) is 102 cm³/mol. The molecule has 0 atom stereocenters. The van der Waals surface area contributed by atoms with Gasteiger partial charge in [-0.15, -0.1) is 11.3 Å². The third-order valence-electron chi connectivity index (χ3n) is 4.32. The summed E-state index contributed by atoms with van der Waals surface area (Å²) in [4.78, 5) is 15.0. The molecule has 2 heterocycles. The van der Waals surface area contributed by atoms with Crippen LogP contribution in [-0.4, -0.2) is 49.1 Å². The zero-order valence-electron chi connectivity index (χ0n) is 14.6. The largest absolute Gasteiger partial charge is 0.368 e. The molecule has 0 unspecified atom stereocenters. The van der Waals surface area contributed by atoms with E-state index in [9.17, 15) is 0 Å². The SMILES string of the molecule is CN=C(NCc1sc(C)nc1C)N1CCN(c2ccccc2)CC1. The number of aromatic nitrogens is 1. The maximum absolute atomic E-state index is 4.49. The maximum Gasteiger partial charge on any atom is 0.194 e. The topological polar surface area (TPSA) is 43.8 Å². The highest BCUT2D eigenvalue weighted by molar-refractivity contribution is 7.11. The van der Waals surface area contributed by atoms with E-state index in [0.29, 0.717) is 0 Å². The fourth-order valence-electron chi connectivity index (χ4n) is 3.04. The second kappa shape index (κ2) is 7.66. The molecule has 1 N–H and O–H groups in total. The molecule has 1 aliphatic rings. The minimum absolute atomic E-state index is 0.795. The summed E-state index contributed by atoms with van der Waals surface area (Å²) in [5.41, 5.74) is 2.42. The second-order valence-electron chi connectivity index (χ2n) is 5.95. The van der Waals surface area contributed by atoms with Crippen LogP contribution in [0.4, 0.5) is 5.69 Å². The summed E-state index contributed by atoms with van der Waals surface area (Å²) in [5, 5.41) is 4.61. The van der Waals surface area contributed by atoms with Crippen molar-refractivity contribution in [2.24, 2.45) is 4.99 Å². The normalized spacial score (nSPS) is 15.7. The number of hydrogen-bond donors (Lipinski definition) is 1. The highest BCUT2D eigenvalue weighted by Gasteiger charge is 2.20. The minimum Gasteiger partial charge on any atom is -0.368 e. The van der Waals surface area contributed by atoms with Crippen LogP contribution in [0.1, 0.15) is 15.6 Å². The average Bonchev–Trinajstić information content (AvgIpc) is 2.94. The molecule has 1 saturated heterocycles. The van der Waals surface area contributed by atoms with Gasteiger partial charge in [-0.2, -0.15) is 0 Å². The number of aryl methyl sites for hydroxylation is 2. The van der Waals surface area contributed by atoms with E-state index in [4.69, 9.17) is 0 Å². The van der Waals surface area contributed by atoms with Gasteiger partial charge in [-0.05, 0) is 26.0 Å². The van der Waals surface area contributed by atoms with Crippen molar-refractivity contribution in [2.75, 3.05) is 38.1 Å². The lowest BCUT2D eigenvalue weighted by atomic mass is 10.2. The summed E-state index contributed by atoms with van der Waals surface area (Å²) in [6.07, 6.45) is 0. The molecule has 6 heteroatoms. The zero-order chi connectivity index (χ0) is 16.9. The number of benzene rings is 1. The number of rotatable bonds is 3. The van der Waals surface area contributed by atoms with Crippen LogP contribution in [0.2, 0.25) is 0 Å². The molecule has 1 aromatic heterocycles. The zero-order valence-corrected chi connectivity index (χ0v) is 15.4. The van der Waals surface area contributed by atoms with E-state index in [1.54, 1.807) is 11.3 Å². The maximum atomic E-state index is 4.49. The highest BCUT2D eigenvalue weighted by atomic mass is 32.1. The fourth-order valence-corrected chi connectivity index (χ4v) is 3.92. The fraction of sp³-hybridized carbons (Fsp3) is 0.444. The van der Waals surface area contributed by atoms with Crippen molar-refractivity contribution in [3.8, 4) is 0 Å². The number of guanidine groups is 1. The smallest absolute Gasteiger partial charge is 0.194 e. The molecule has 24 heavy (non-hydrogen) atoms. The summed E-state index contributed by atoms with van der Waals surface area (Å²) >= 11 is 1.76. The highest BCUT2D eigenvalue weighted by Crippen LogP contribution is 2.18. The molecule has 2 aromatic rings. The number of thiazole rings is 1. The number of para-hydroxylation sites is 1. The van der Waals surface area contributed by atoms with Crippen molar-refractivity contribution >= 4 is 23.0 Å². The Balaban J connectivity index is 1.55. The number of anilines is 1. The van der Waals surface area contributed by atoms with Crippen LogP contribution in [0.15, 0.2) is 35.3 Å². The van der Waals surface area contributed by atoms with Crippen LogP contribution in [0.5, 0.6) is 0 Å². The molecule has 0 aliphatic carbocycles. The van der Waals surface area contributed by atoms with Crippen LogP contribution in [0, 0.1) is 13.8 Å². The van der Waals surface area contributed by atoms with Crippen molar-refractivity contribution in [2.45, 2.75) is 20.4 Å². The van der Waals surface area contributed by atoms with Gasteiger partial charge in [0.25, 0.3) is 0 Å². The van der Waals surface area contributed by atoms with Crippen molar-refractivity contribution in [1.29, 1.82) is 0 Å². The van der Waals surface area contributed by atoms with Gasteiger partial charge in [0.2, 0.25) is 0 Å². The van der Waals surface area contributed by atoms with E-state index in [1.165, 1.54) is 10.6 Å². The van der Waals surface area contributed by atoms with Gasteiger partial charge < -0.3 is 15.1 Å². The molecule has 0 amide bonds. The second-order valence-corrected chi connectivity index (χ2v) is 7.24. The third-order valence-corrected chi connectivity index (χ3v) is 5.39. The summed E-state index contributed by atoms with van der Waals surface area (Å²) in [7, 11) is 1.86. The van der Waals surface area contributed by atoms with E-state index < -0.39 is 0 Å². The summed E-state index contributed by atoms with van der Waals surface area (Å²) in [6, 6.07) is 10.6. The Morgan fingerprint density at radius 1 is 1.17 bits per heavy atom. The summed E-state index contributed by atoms with van der Waals surface area (Å²) in [5.74, 6) is 0.980. The molecule has 5 nitrogen and oxygen atoms in total. The molecule has 1 aliphatic heterocycles. The lowest BCUT2D eigenvalue weighted by Gasteiger charge is -2.37. The van der Waals surface area contributed by atoms with E-state index in [2.05, 4.69) is 69.3 Å². The molecule has 0 saturated carbocycles. The van der Waals surface area contributed by atoms with Crippen molar-refractivity contribution < 1.29 is 0 Å². The molecule has 1 aromatic carbocycles. The van der Waals surface area contributed by atoms with Gasteiger partial charge in [0.15, 0.2) is 5.96 Å². The quantitative estimate of drug-likeness (QED) is 0.687. The average molecular weight is 344 g/mol. The Morgan fingerprint density at radius 2 is 1.88 bits per heavy atom. The van der Waals surface area contributed by atoms with Gasteiger partial charge in [-0.3, -0.25) is 4.99 Å². The van der Waals surface area contributed by atoms with Crippen LogP contribution in [0.3, 0.4) is 0 Å². The Bertz CT molecular complexity index is 687. The van der Waals surface area contributed by atoms with Gasteiger partial charge >= 0.3 is 0 Å². The number of aliphatic imine (C=N–C) groups is 1.